The van der Waals surface area contributed by atoms with Crippen LogP contribution in [-0.4, -0.2) is 18.6 Å². The molecule has 0 spiro atoms. The van der Waals surface area contributed by atoms with E-state index >= 15 is 0 Å². The predicted octanol–water partition coefficient (Wildman–Crippen LogP) is 3.35. The Morgan fingerprint density at radius 2 is 2.14 bits per heavy atom. The van der Waals surface area contributed by atoms with E-state index in [0.717, 1.165) is 23.8 Å². The minimum absolute atomic E-state index is 0. The molecule has 0 aromatic heterocycles. The van der Waals surface area contributed by atoms with E-state index in [1.165, 1.54) is 12.8 Å². The Morgan fingerprint density at radius 3 is 2.77 bits per heavy atom. The second kappa shape index (κ2) is 9.13. The molecule has 0 aliphatic heterocycles. The monoisotopic (exact) mass is 326 g/mol. The molecule has 1 amide bonds. The van der Waals surface area contributed by atoms with Crippen LogP contribution in [0.4, 0.5) is 5.69 Å². The van der Waals surface area contributed by atoms with Gasteiger partial charge >= 0.3 is 0 Å². The van der Waals surface area contributed by atoms with Crippen molar-refractivity contribution in [2.24, 2.45) is 17.6 Å². The first kappa shape index (κ1) is 18.9. The number of carbonyl (C=O) groups excluding carboxylic acids is 1. The summed E-state index contributed by atoms with van der Waals surface area (Å²) >= 11 is 0. The van der Waals surface area contributed by atoms with Gasteiger partial charge in [-0.25, -0.2) is 0 Å². The van der Waals surface area contributed by atoms with Crippen LogP contribution >= 0.6 is 12.4 Å². The molecule has 5 heteroatoms. The summed E-state index contributed by atoms with van der Waals surface area (Å²) in [5.74, 6) is 1.05. The maximum Gasteiger partial charge on any atom is 0.241 e. The van der Waals surface area contributed by atoms with Crippen molar-refractivity contribution in [3.8, 4) is 0 Å². The van der Waals surface area contributed by atoms with Crippen molar-refractivity contribution in [1.29, 1.82) is 0 Å². The molecule has 22 heavy (non-hydrogen) atoms. The highest BCUT2D eigenvalue weighted by molar-refractivity contribution is 5.94. The van der Waals surface area contributed by atoms with Crippen molar-refractivity contribution >= 4 is 24.0 Å². The molecule has 1 aromatic rings. The third kappa shape index (κ3) is 6.77. The molecule has 0 heterocycles. The first-order valence-electron chi connectivity index (χ1n) is 7.77. The summed E-state index contributed by atoms with van der Waals surface area (Å²) < 4.78 is 5.67. The number of nitrogens with one attached hydrogen (secondary N) is 1. The molecule has 1 fully saturated rings. The molecule has 1 aromatic carbocycles. The lowest BCUT2D eigenvalue weighted by Crippen LogP contribution is -2.36. The van der Waals surface area contributed by atoms with Crippen LogP contribution in [0.15, 0.2) is 24.3 Å². The van der Waals surface area contributed by atoms with Gasteiger partial charge in [-0.3, -0.25) is 4.79 Å². The second-order valence-electron chi connectivity index (χ2n) is 6.38. The summed E-state index contributed by atoms with van der Waals surface area (Å²) in [4.78, 5) is 12.0. The van der Waals surface area contributed by atoms with Gasteiger partial charge < -0.3 is 15.8 Å². The number of ether oxygens (including phenoxy) is 1. The van der Waals surface area contributed by atoms with E-state index in [1.807, 2.05) is 24.3 Å². The van der Waals surface area contributed by atoms with Gasteiger partial charge in [-0.1, -0.05) is 26.0 Å². The first-order valence-corrected chi connectivity index (χ1v) is 7.77. The fourth-order valence-electron chi connectivity index (χ4n) is 2.22. The lowest BCUT2D eigenvalue weighted by Gasteiger charge is -2.14. The van der Waals surface area contributed by atoms with Crippen molar-refractivity contribution < 1.29 is 9.53 Å². The van der Waals surface area contributed by atoms with Gasteiger partial charge in [-0.05, 0) is 48.8 Å². The van der Waals surface area contributed by atoms with E-state index in [2.05, 4.69) is 19.2 Å². The molecule has 0 saturated heterocycles. The molecule has 1 aliphatic rings. The maximum absolute atomic E-state index is 12.0. The van der Waals surface area contributed by atoms with Crippen LogP contribution in [-0.2, 0) is 16.1 Å². The Hall–Kier alpha value is -1.10. The largest absolute Gasteiger partial charge is 0.376 e. The van der Waals surface area contributed by atoms with Gasteiger partial charge in [0.1, 0.15) is 0 Å². The molecule has 2 rings (SSSR count). The Labute approximate surface area is 139 Å². The Morgan fingerprint density at radius 1 is 1.41 bits per heavy atom. The lowest BCUT2D eigenvalue weighted by molar-refractivity contribution is -0.117. The van der Waals surface area contributed by atoms with E-state index in [9.17, 15) is 4.79 Å². The minimum atomic E-state index is -0.459. The molecule has 1 aliphatic carbocycles. The molecule has 1 atom stereocenters. The fourth-order valence-corrected chi connectivity index (χ4v) is 2.22. The smallest absolute Gasteiger partial charge is 0.241 e. The van der Waals surface area contributed by atoms with Gasteiger partial charge in [-0.15, -0.1) is 12.4 Å². The zero-order valence-electron chi connectivity index (χ0n) is 13.4. The number of nitrogens with two attached hydrogens (primary N) is 1. The number of carbonyl (C=O) groups is 1. The summed E-state index contributed by atoms with van der Waals surface area (Å²) in [7, 11) is 0. The van der Waals surface area contributed by atoms with Gasteiger partial charge in [0, 0.05) is 12.3 Å². The molecule has 1 saturated carbocycles. The van der Waals surface area contributed by atoms with E-state index in [-0.39, 0.29) is 18.3 Å². The SMILES string of the molecule is CC(C)C[C@H](N)C(=O)Nc1cccc(COCC2CC2)c1.Cl. The van der Waals surface area contributed by atoms with Gasteiger partial charge in [0.25, 0.3) is 0 Å². The third-order valence-corrected chi connectivity index (χ3v) is 3.58. The topological polar surface area (TPSA) is 64.4 Å². The van der Waals surface area contributed by atoms with Crippen LogP contribution in [0, 0.1) is 11.8 Å². The molecule has 4 nitrogen and oxygen atoms in total. The number of halogens is 1. The molecular formula is C17H27ClN2O2. The average Bonchev–Trinajstić information content (AvgIpc) is 3.22. The van der Waals surface area contributed by atoms with Gasteiger partial charge in [-0.2, -0.15) is 0 Å². The van der Waals surface area contributed by atoms with Gasteiger partial charge in [0.2, 0.25) is 5.91 Å². The van der Waals surface area contributed by atoms with Crippen molar-refractivity contribution in [3.63, 3.8) is 0 Å². The van der Waals surface area contributed by atoms with E-state index in [1.54, 1.807) is 0 Å². The number of benzene rings is 1. The third-order valence-electron chi connectivity index (χ3n) is 3.58. The first-order chi connectivity index (χ1) is 10.0. The van der Waals surface area contributed by atoms with E-state index in [0.29, 0.717) is 18.9 Å². The average molecular weight is 327 g/mol. The van der Waals surface area contributed by atoms with Gasteiger partial charge in [0.05, 0.1) is 12.6 Å². The standard InChI is InChI=1S/C17H26N2O2.ClH/c1-12(2)8-16(18)17(20)19-15-5-3-4-14(9-15)11-21-10-13-6-7-13;/h3-5,9,12-13,16H,6-8,10-11,18H2,1-2H3,(H,19,20);1H/t16-;/m0./s1. The molecule has 0 bridgehead atoms. The summed E-state index contributed by atoms with van der Waals surface area (Å²) in [5, 5.41) is 2.88. The predicted molar refractivity (Wildman–Crippen MR) is 92.1 cm³/mol. The van der Waals surface area contributed by atoms with Crippen molar-refractivity contribution in [2.75, 3.05) is 11.9 Å². The molecule has 0 radical (unpaired) electrons. The Bertz CT molecular complexity index is 475. The molecular weight excluding hydrogens is 300 g/mol. The van der Waals surface area contributed by atoms with Crippen LogP contribution in [0.25, 0.3) is 0 Å². The lowest BCUT2D eigenvalue weighted by atomic mass is 10.0. The summed E-state index contributed by atoms with van der Waals surface area (Å²) in [5.41, 5.74) is 7.75. The van der Waals surface area contributed by atoms with Crippen LogP contribution in [0.2, 0.25) is 0 Å². The summed E-state index contributed by atoms with van der Waals surface area (Å²) in [6.45, 7) is 5.56. The zero-order chi connectivity index (χ0) is 15.2. The zero-order valence-corrected chi connectivity index (χ0v) is 14.2. The summed E-state index contributed by atoms with van der Waals surface area (Å²) in [6.07, 6.45) is 3.28. The quantitative estimate of drug-likeness (QED) is 0.770. The highest BCUT2D eigenvalue weighted by Crippen LogP contribution is 2.29. The number of amides is 1. The van der Waals surface area contributed by atoms with Crippen LogP contribution in [0.5, 0.6) is 0 Å². The van der Waals surface area contributed by atoms with Crippen LogP contribution in [0.1, 0.15) is 38.7 Å². The molecule has 3 N–H and O–H groups in total. The van der Waals surface area contributed by atoms with E-state index in [4.69, 9.17) is 10.5 Å². The summed E-state index contributed by atoms with van der Waals surface area (Å²) in [6, 6.07) is 7.31. The van der Waals surface area contributed by atoms with Gasteiger partial charge in [0.15, 0.2) is 0 Å². The van der Waals surface area contributed by atoms with Crippen molar-refractivity contribution in [3.05, 3.63) is 29.8 Å². The normalized spacial score (nSPS) is 15.3. The maximum atomic E-state index is 12.0. The Kier molecular flexibility index (Phi) is 7.87. The fraction of sp³-hybridized carbons (Fsp3) is 0.588. The van der Waals surface area contributed by atoms with Crippen molar-refractivity contribution in [2.45, 2.75) is 45.8 Å². The second-order valence-corrected chi connectivity index (χ2v) is 6.38. The number of hydrogen-bond donors (Lipinski definition) is 2. The number of hydrogen-bond acceptors (Lipinski definition) is 3. The minimum Gasteiger partial charge on any atom is -0.376 e. The van der Waals surface area contributed by atoms with Crippen LogP contribution < -0.4 is 11.1 Å². The number of anilines is 1. The van der Waals surface area contributed by atoms with E-state index < -0.39 is 6.04 Å². The molecule has 124 valence electrons. The highest BCUT2D eigenvalue weighted by Gasteiger charge is 2.21. The van der Waals surface area contributed by atoms with Crippen molar-refractivity contribution in [1.82, 2.24) is 0 Å². The van der Waals surface area contributed by atoms with Crippen LogP contribution in [0.3, 0.4) is 0 Å². The molecule has 0 unspecified atom stereocenters. The number of rotatable bonds is 8. The highest BCUT2D eigenvalue weighted by atomic mass is 35.5. The Balaban J connectivity index is 0.00000242.